The van der Waals surface area contributed by atoms with Gasteiger partial charge < -0.3 is 34.2 Å². The number of likely N-dealkylation sites (N-methyl/N-ethyl adjacent to an activating group) is 1. The van der Waals surface area contributed by atoms with Gasteiger partial charge in [-0.2, -0.15) is 0 Å². The van der Waals surface area contributed by atoms with Gasteiger partial charge in [0.05, 0.1) is 13.7 Å². The molecule has 0 aromatic heterocycles. The number of benzene rings is 2. The maximum Gasteiger partial charge on any atom is 0.174 e. The van der Waals surface area contributed by atoms with Crippen LogP contribution in [0.5, 0.6) is 5.75 Å². The molecule has 0 bridgehead atoms. The van der Waals surface area contributed by atoms with E-state index in [4.69, 9.17) is 26.4 Å². The third-order valence-electron chi connectivity index (χ3n) is 5.77. The van der Waals surface area contributed by atoms with Crippen LogP contribution in [0.1, 0.15) is 6.92 Å². The van der Waals surface area contributed by atoms with Crippen LogP contribution in [0, 0.1) is 0 Å². The van der Waals surface area contributed by atoms with Gasteiger partial charge in [0.15, 0.2) is 11.4 Å². The molecule has 0 amide bonds. The number of hydrogen-bond donors (Lipinski definition) is 1. The zero-order valence-corrected chi connectivity index (χ0v) is 20.2. The van der Waals surface area contributed by atoms with Crippen LogP contribution in [0.15, 0.2) is 48.5 Å². The lowest BCUT2D eigenvalue weighted by molar-refractivity contribution is -0.108. The van der Waals surface area contributed by atoms with Gasteiger partial charge in [0.2, 0.25) is 0 Å². The first-order valence-corrected chi connectivity index (χ1v) is 11.3. The largest absolute Gasteiger partial charge is 0.497 e. The molecule has 3 rings (SSSR count). The first-order chi connectivity index (χ1) is 15.6. The lowest BCUT2D eigenvalue weighted by atomic mass is 10.2. The zero-order valence-electron chi connectivity index (χ0n) is 19.4. The number of piperazine rings is 1. The molecule has 1 saturated heterocycles. The van der Waals surface area contributed by atoms with Crippen LogP contribution in [-0.2, 0) is 9.47 Å². The maximum atomic E-state index is 5.58. The minimum Gasteiger partial charge on any atom is -0.497 e. The minimum atomic E-state index is -0.311. The van der Waals surface area contributed by atoms with Crippen molar-refractivity contribution in [2.75, 3.05) is 75.7 Å². The predicted octanol–water partition coefficient (Wildman–Crippen LogP) is 3.66. The molecule has 2 aromatic carbocycles. The van der Waals surface area contributed by atoms with Crippen molar-refractivity contribution in [3.05, 3.63) is 48.5 Å². The molecule has 7 nitrogen and oxygen atoms in total. The van der Waals surface area contributed by atoms with Gasteiger partial charge >= 0.3 is 0 Å². The molecule has 1 fully saturated rings. The topological polar surface area (TPSA) is 49.4 Å². The molecule has 0 atom stereocenters. The van der Waals surface area contributed by atoms with E-state index in [0.29, 0.717) is 11.7 Å². The van der Waals surface area contributed by atoms with E-state index in [2.05, 4.69) is 58.4 Å². The third-order valence-corrected chi connectivity index (χ3v) is 6.13. The fourth-order valence-corrected chi connectivity index (χ4v) is 4.08. The second-order valence-electron chi connectivity index (χ2n) is 7.59. The van der Waals surface area contributed by atoms with E-state index in [-0.39, 0.29) is 6.29 Å². The number of anilines is 3. The minimum absolute atomic E-state index is 0.311. The highest BCUT2D eigenvalue weighted by molar-refractivity contribution is 7.80. The molecule has 32 heavy (non-hydrogen) atoms. The van der Waals surface area contributed by atoms with Gasteiger partial charge in [-0.3, -0.25) is 0 Å². The van der Waals surface area contributed by atoms with E-state index in [1.165, 1.54) is 11.4 Å². The highest BCUT2D eigenvalue weighted by Crippen LogP contribution is 2.24. The molecular formula is C24H34N4O3S. The molecule has 174 valence electrons. The Morgan fingerprint density at radius 2 is 1.41 bits per heavy atom. The summed E-state index contributed by atoms with van der Waals surface area (Å²) in [5, 5.41) is 3.98. The van der Waals surface area contributed by atoms with E-state index in [1.54, 1.807) is 21.3 Å². The summed E-state index contributed by atoms with van der Waals surface area (Å²) in [6.07, 6.45) is -0.311. The summed E-state index contributed by atoms with van der Waals surface area (Å²) in [6, 6.07) is 16.7. The smallest absolute Gasteiger partial charge is 0.174 e. The number of ether oxygens (including phenoxy) is 3. The van der Waals surface area contributed by atoms with Crippen molar-refractivity contribution in [3.8, 4) is 5.75 Å². The first-order valence-electron chi connectivity index (χ1n) is 10.9. The lowest BCUT2D eigenvalue weighted by Crippen LogP contribution is -2.46. The summed E-state index contributed by atoms with van der Waals surface area (Å²) < 4.78 is 15.8. The Morgan fingerprint density at radius 1 is 0.906 bits per heavy atom. The van der Waals surface area contributed by atoms with Gasteiger partial charge in [-0.05, 0) is 67.7 Å². The number of thiocarbonyl (C=S) groups is 1. The predicted molar refractivity (Wildman–Crippen MR) is 135 cm³/mol. The van der Waals surface area contributed by atoms with Gasteiger partial charge in [0.25, 0.3) is 0 Å². The molecule has 8 heteroatoms. The van der Waals surface area contributed by atoms with Crippen molar-refractivity contribution < 1.29 is 14.2 Å². The summed E-state index contributed by atoms with van der Waals surface area (Å²) in [6.45, 7) is 7.35. The van der Waals surface area contributed by atoms with E-state index in [1.807, 2.05) is 17.0 Å². The van der Waals surface area contributed by atoms with Crippen LogP contribution in [0.3, 0.4) is 0 Å². The number of rotatable bonds is 9. The van der Waals surface area contributed by atoms with E-state index < -0.39 is 0 Å². The Hall–Kier alpha value is -2.55. The average Bonchev–Trinajstić information content (AvgIpc) is 2.85. The van der Waals surface area contributed by atoms with Crippen molar-refractivity contribution in [1.29, 1.82) is 0 Å². The summed E-state index contributed by atoms with van der Waals surface area (Å²) in [4.78, 5) is 6.86. The Kier molecular flexibility index (Phi) is 8.96. The number of nitrogens with zero attached hydrogens (tertiary/aromatic N) is 3. The van der Waals surface area contributed by atoms with Crippen LogP contribution in [0.4, 0.5) is 17.1 Å². The number of hydrogen-bond acceptors (Lipinski definition) is 6. The van der Waals surface area contributed by atoms with E-state index in [0.717, 1.165) is 44.2 Å². The van der Waals surface area contributed by atoms with Crippen LogP contribution in [0.2, 0.25) is 0 Å². The van der Waals surface area contributed by atoms with Crippen LogP contribution in [-0.4, -0.2) is 76.9 Å². The van der Waals surface area contributed by atoms with Gasteiger partial charge in [-0.1, -0.05) is 0 Å². The van der Waals surface area contributed by atoms with Crippen molar-refractivity contribution in [2.45, 2.75) is 13.2 Å². The Bertz CT molecular complexity index is 835. The molecule has 0 unspecified atom stereocenters. The molecular weight excluding hydrogens is 424 g/mol. The third kappa shape index (κ3) is 6.25. The molecule has 1 aliphatic heterocycles. The zero-order chi connectivity index (χ0) is 22.9. The van der Waals surface area contributed by atoms with E-state index in [9.17, 15) is 0 Å². The Morgan fingerprint density at radius 3 is 1.84 bits per heavy atom. The monoisotopic (exact) mass is 458 g/mol. The SMILES string of the molecule is CCN(CC(OC)OC)C(=S)Nc1ccc(N2CCN(c3ccc(OC)cc3)CC2)cc1. The molecule has 1 N–H and O–H groups in total. The van der Waals surface area contributed by atoms with Gasteiger partial charge in [0.1, 0.15) is 5.75 Å². The summed E-state index contributed by atoms with van der Waals surface area (Å²) in [5.74, 6) is 0.889. The fourth-order valence-electron chi connectivity index (χ4n) is 3.75. The number of nitrogens with one attached hydrogen (secondary N) is 1. The molecule has 0 aliphatic carbocycles. The van der Waals surface area contributed by atoms with Gasteiger partial charge in [-0.25, -0.2) is 0 Å². The Labute approximate surface area is 196 Å². The van der Waals surface area contributed by atoms with Crippen molar-refractivity contribution >= 4 is 34.4 Å². The maximum absolute atomic E-state index is 5.58. The molecule has 0 spiro atoms. The van der Waals surface area contributed by atoms with Crippen LogP contribution < -0.4 is 19.9 Å². The second-order valence-corrected chi connectivity index (χ2v) is 7.98. The van der Waals surface area contributed by atoms with E-state index >= 15 is 0 Å². The highest BCUT2D eigenvalue weighted by atomic mass is 32.1. The summed E-state index contributed by atoms with van der Waals surface area (Å²) >= 11 is 5.58. The molecule has 1 aliphatic rings. The first kappa shape index (κ1) is 24.1. The summed E-state index contributed by atoms with van der Waals surface area (Å²) in [5.41, 5.74) is 3.44. The van der Waals surface area contributed by atoms with Gasteiger partial charge in [0, 0.05) is 64.0 Å². The summed E-state index contributed by atoms with van der Waals surface area (Å²) in [7, 11) is 4.96. The van der Waals surface area contributed by atoms with Crippen LogP contribution >= 0.6 is 12.2 Å². The lowest BCUT2D eigenvalue weighted by Gasteiger charge is -2.37. The normalized spacial score (nSPS) is 13.9. The van der Waals surface area contributed by atoms with Crippen LogP contribution in [0.25, 0.3) is 0 Å². The quantitative estimate of drug-likeness (QED) is 0.451. The van der Waals surface area contributed by atoms with Crippen molar-refractivity contribution in [1.82, 2.24) is 4.90 Å². The average molecular weight is 459 g/mol. The second kappa shape index (κ2) is 11.9. The molecule has 1 heterocycles. The molecule has 2 aromatic rings. The Balaban J connectivity index is 1.52. The van der Waals surface area contributed by atoms with Gasteiger partial charge in [-0.15, -0.1) is 0 Å². The highest BCUT2D eigenvalue weighted by Gasteiger charge is 2.18. The van der Waals surface area contributed by atoms with Crippen molar-refractivity contribution in [2.24, 2.45) is 0 Å². The fraction of sp³-hybridized carbons (Fsp3) is 0.458. The molecule has 0 saturated carbocycles. The van der Waals surface area contributed by atoms with Crippen molar-refractivity contribution in [3.63, 3.8) is 0 Å². The number of methoxy groups -OCH3 is 3. The molecule has 0 radical (unpaired) electrons. The standard InChI is InChI=1S/C24H34N4O3S/c1-5-26(18-23(30-3)31-4)24(32)25-19-6-8-20(9-7-19)27-14-16-28(17-15-27)21-10-12-22(29-2)13-11-21/h6-13,23H,5,14-18H2,1-4H3,(H,25,32).